The van der Waals surface area contributed by atoms with Gasteiger partial charge >= 0.3 is 0 Å². The zero-order valence-corrected chi connectivity index (χ0v) is 8.76. The Morgan fingerprint density at radius 1 is 1.67 bits per heavy atom. The molecule has 0 aliphatic rings. The minimum absolute atomic E-state index is 0.00292. The van der Waals surface area contributed by atoms with Crippen LogP contribution < -0.4 is 5.56 Å². The van der Waals surface area contributed by atoms with Crippen molar-refractivity contribution in [1.82, 2.24) is 14.7 Å². The van der Waals surface area contributed by atoms with Crippen LogP contribution in [0.5, 0.6) is 0 Å². The molecule has 0 amide bonds. The van der Waals surface area contributed by atoms with E-state index < -0.39 is 0 Å². The standard InChI is InChI=1S/C7H12BrN3O/c1-10(2)3-4-11-7(12)6(8)5-9-11/h5,9H,3-4H2,1-2H3. The van der Waals surface area contributed by atoms with E-state index in [0.29, 0.717) is 11.0 Å². The Bertz CT molecular complexity index is 302. The third-order valence-electron chi connectivity index (χ3n) is 1.57. The van der Waals surface area contributed by atoms with Crippen LogP contribution in [0.25, 0.3) is 0 Å². The fourth-order valence-corrected chi connectivity index (χ4v) is 1.17. The molecule has 0 saturated carbocycles. The van der Waals surface area contributed by atoms with Crippen molar-refractivity contribution in [3.05, 3.63) is 21.0 Å². The average Bonchev–Trinajstić information content (AvgIpc) is 2.30. The molecule has 12 heavy (non-hydrogen) atoms. The molecular weight excluding hydrogens is 222 g/mol. The van der Waals surface area contributed by atoms with E-state index in [9.17, 15) is 4.79 Å². The molecule has 0 radical (unpaired) electrons. The highest BCUT2D eigenvalue weighted by Crippen LogP contribution is 1.98. The number of rotatable bonds is 3. The van der Waals surface area contributed by atoms with Crippen LogP contribution in [-0.2, 0) is 6.54 Å². The molecule has 1 rings (SSSR count). The molecule has 0 unspecified atom stereocenters. The molecule has 0 atom stereocenters. The van der Waals surface area contributed by atoms with Crippen molar-refractivity contribution in [3.63, 3.8) is 0 Å². The molecule has 0 saturated heterocycles. The summed E-state index contributed by atoms with van der Waals surface area (Å²) >= 11 is 3.14. The number of likely N-dealkylation sites (N-methyl/N-ethyl adjacent to an activating group) is 1. The van der Waals surface area contributed by atoms with Gasteiger partial charge in [-0.2, -0.15) is 0 Å². The van der Waals surface area contributed by atoms with E-state index >= 15 is 0 Å². The Balaban J connectivity index is 2.64. The number of halogens is 1. The van der Waals surface area contributed by atoms with Gasteiger partial charge in [-0.1, -0.05) is 0 Å². The maximum Gasteiger partial charge on any atom is 0.280 e. The summed E-state index contributed by atoms with van der Waals surface area (Å²) in [6.07, 6.45) is 1.65. The second-order valence-corrected chi connectivity index (χ2v) is 3.74. The number of aromatic amines is 1. The Hall–Kier alpha value is -0.550. The number of nitrogens with zero attached hydrogens (tertiary/aromatic N) is 2. The highest BCUT2D eigenvalue weighted by atomic mass is 79.9. The van der Waals surface area contributed by atoms with Crippen LogP contribution >= 0.6 is 15.9 Å². The van der Waals surface area contributed by atoms with Crippen LogP contribution in [0.15, 0.2) is 15.5 Å². The van der Waals surface area contributed by atoms with E-state index in [1.807, 2.05) is 19.0 Å². The molecule has 0 aliphatic carbocycles. The maximum atomic E-state index is 11.2. The molecule has 0 aromatic carbocycles. The van der Waals surface area contributed by atoms with Gasteiger partial charge in [0.05, 0.1) is 6.54 Å². The first-order valence-electron chi connectivity index (χ1n) is 3.69. The fraction of sp³-hybridized carbons (Fsp3) is 0.571. The van der Waals surface area contributed by atoms with Gasteiger partial charge in [0.25, 0.3) is 5.56 Å². The zero-order valence-electron chi connectivity index (χ0n) is 7.17. The van der Waals surface area contributed by atoms with Gasteiger partial charge in [-0.15, -0.1) is 0 Å². The second-order valence-electron chi connectivity index (χ2n) is 2.88. The Labute approximate surface area is 79.3 Å². The third-order valence-corrected chi connectivity index (χ3v) is 2.14. The molecule has 4 nitrogen and oxygen atoms in total. The highest BCUT2D eigenvalue weighted by Gasteiger charge is 2.01. The Morgan fingerprint density at radius 3 is 2.75 bits per heavy atom. The summed E-state index contributed by atoms with van der Waals surface area (Å²) in [5, 5.41) is 2.86. The predicted molar refractivity (Wildman–Crippen MR) is 51.3 cm³/mol. The van der Waals surface area contributed by atoms with Gasteiger partial charge in [0.1, 0.15) is 4.47 Å². The monoisotopic (exact) mass is 233 g/mol. The fourth-order valence-electron chi connectivity index (χ4n) is 0.850. The molecule has 0 fully saturated rings. The van der Waals surface area contributed by atoms with Crippen molar-refractivity contribution in [2.75, 3.05) is 20.6 Å². The summed E-state index contributed by atoms with van der Waals surface area (Å²) in [6, 6.07) is 0. The van der Waals surface area contributed by atoms with Gasteiger partial charge in [0, 0.05) is 12.7 Å². The largest absolute Gasteiger partial charge is 0.308 e. The average molecular weight is 234 g/mol. The molecule has 1 N–H and O–H groups in total. The maximum absolute atomic E-state index is 11.2. The van der Waals surface area contributed by atoms with Crippen LogP contribution in [-0.4, -0.2) is 35.3 Å². The molecule has 0 aliphatic heterocycles. The van der Waals surface area contributed by atoms with E-state index in [1.54, 1.807) is 10.9 Å². The van der Waals surface area contributed by atoms with Crippen molar-refractivity contribution in [3.8, 4) is 0 Å². The summed E-state index contributed by atoms with van der Waals surface area (Å²) in [5.74, 6) is 0. The third kappa shape index (κ3) is 2.22. The molecule has 0 bridgehead atoms. The van der Waals surface area contributed by atoms with Crippen LogP contribution in [0.4, 0.5) is 0 Å². The summed E-state index contributed by atoms with van der Waals surface area (Å²) in [5.41, 5.74) is -0.00292. The van der Waals surface area contributed by atoms with E-state index in [2.05, 4.69) is 21.0 Å². The van der Waals surface area contributed by atoms with Crippen molar-refractivity contribution < 1.29 is 0 Å². The summed E-state index contributed by atoms with van der Waals surface area (Å²) < 4.78 is 2.16. The number of hydrogen-bond donors (Lipinski definition) is 1. The summed E-state index contributed by atoms with van der Waals surface area (Å²) in [6.45, 7) is 1.55. The van der Waals surface area contributed by atoms with Gasteiger partial charge in [-0.05, 0) is 30.0 Å². The number of H-pyrrole nitrogens is 1. The van der Waals surface area contributed by atoms with Crippen LogP contribution in [0.2, 0.25) is 0 Å². The van der Waals surface area contributed by atoms with E-state index in [1.165, 1.54) is 0 Å². The molecular formula is C7H12BrN3O. The van der Waals surface area contributed by atoms with Gasteiger partial charge in [0.15, 0.2) is 0 Å². The van der Waals surface area contributed by atoms with E-state index in [0.717, 1.165) is 6.54 Å². The first-order valence-corrected chi connectivity index (χ1v) is 4.49. The van der Waals surface area contributed by atoms with Crippen molar-refractivity contribution in [1.29, 1.82) is 0 Å². The first kappa shape index (κ1) is 9.54. The van der Waals surface area contributed by atoms with Gasteiger partial charge in [0.2, 0.25) is 0 Å². The minimum Gasteiger partial charge on any atom is -0.308 e. The Morgan fingerprint density at radius 2 is 2.33 bits per heavy atom. The topological polar surface area (TPSA) is 41.0 Å². The normalized spacial score (nSPS) is 11.0. The quantitative estimate of drug-likeness (QED) is 0.827. The summed E-state index contributed by atoms with van der Waals surface area (Å²) in [7, 11) is 3.95. The van der Waals surface area contributed by atoms with Gasteiger partial charge in [-0.3, -0.25) is 9.48 Å². The lowest BCUT2D eigenvalue weighted by molar-refractivity contribution is 0.370. The summed E-state index contributed by atoms with van der Waals surface area (Å²) in [4.78, 5) is 13.3. The van der Waals surface area contributed by atoms with Gasteiger partial charge in [-0.25, -0.2) is 0 Å². The predicted octanol–water partition coefficient (Wildman–Crippen LogP) is 0.500. The first-order chi connectivity index (χ1) is 5.61. The lowest BCUT2D eigenvalue weighted by Gasteiger charge is -2.08. The molecule has 5 heteroatoms. The number of hydrogen-bond acceptors (Lipinski definition) is 2. The molecule has 0 spiro atoms. The Kier molecular flexibility index (Phi) is 3.11. The van der Waals surface area contributed by atoms with E-state index in [4.69, 9.17) is 0 Å². The van der Waals surface area contributed by atoms with Crippen LogP contribution in [0.1, 0.15) is 0 Å². The zero-order chi connectivity index (χ0) is 9.14. The lowest BCUT2D eigenvalue weighted by atomic mass is 10.6. The van der Waals surface area contributed by atoms with Crippen molar-refractivity contribution in [2.45, 2.75) is 6.54 Å². The van der Waals surface area contributed by atoms with Crippen molar-refractivity contribution in [2.24, 2.45) is 0 Å². The SMILES string of the molecule is CN(C)CCn1[nH]cc(Br)c1=O. The van der Waals surface area contributed by atoms with E-state index in [-0.39, 0.29) is 5.56 Å². The van der Waals surface area contributed by atoms with Crippen LogP contribution in [0, 0.1) is 0 Å². The molecule has 1 aromatic heterocycles. The molecule has 1 aromatic rings. The molecule has 68 valence electrons. The van der Waals surface area contributed by atoms with Gasteiger partial charge < -0.3 is 10.00 Å². The number of aromatic nitrogens is 2. The lowest BCUT2D eigenvalue weighted by Crippen LogP contribution is -2.25. The molecule has 1 heterocycles. The van der Waals surface area contributed by atoms with Crippen molar-refractivity contribution >= 4 is 15.9 Å². The highest BCUT2D eigenvalue weighted by molar-refractivity contribution is 9.10. The minimum atomic E-state index is -0.00292. The smallest absolute Gasteiger partial charge is 0.280 e. The van der Waals surface area contributed by atoms with Crippen LogP contribution in [0.3, 0.4) is 0 Å². The second kappa shape index (κ2) is 3.91. The number of nitrogens with one attached hydrogen (secondary N) is 1.